The minimum absolute atomic E-state index is 0.000803. The van der Waals surface area contributed by atoms with Crippen molar-refractivity contribution in [2.24, 2.45) is 17.8 Å². The number of hydrogen-bond acceptors (Lipinski definition) is 3. The fraction of sp³-hybridized carbons (Fsp3) is 0.733. The first-order valence-electron chi connectivity index (χ1n) is 7.04. The summed E-state index contributed by atoms with van der Waals surface area (Å²) in [6.07, 6.45) is 6.55. The lowest BCUT2D eigenvalue weighted by atomic mass is 9.88. The molecule has 0 spiro atoms. The summed E-state index contributed by atoms with van der Waals surface area (Å²) in [6.45, 7) is 5.94. The summed E-state index contributed by atoms with van der Waals surface area (Å²) >= 11 is 0. The molecule has 1 saturated carbocycles. The fourth-order valence-electron chi connectivity index (χ4n) is 2.64. The molecular formula is C15H24O4. The van der Waals surface area contributed by atoms with Gasteiger partial charge in [-0.1, -0.05) is 25.8 Å². The summed E-state index contributed by atoms with van der Waals surface area (Å²) in [6, 6.07) is 0. The van der Waals surface area contributed by atoms with Crippen LogP contribution in [0, 0.1) is 17.8 Å². The molecule has 0 aromatic heterocycles. The first-order chi connectivity index (χ1) is 9.04. The van der Waals surface area contributed by atoms with E-state index in [1.807, 2.05) is 6.92 Å². The van der Waals surface area contributed by atoms with E-state index in [0.29, 0.717) is 6.61 Å². The van der Waals surface area contributed by atoms with Crippen LogP contribution in [-0.2, 0) is 14.3 Å². The van der Waals surface area contributed by atoms with Crippen molar-refractivity contribution in [3.8, 4) is 0 Å². The molecule has 1 unspecified atom stereocenters. The third-order valence-corrected chi connectivity index (χ3v) is 3.77. The van der Waals surface area contributed by atoms with Crippen molar-refractivity contribution < 1.29 is 19.4 Å². The largest absolute Gasteiger partial charge is 0.481 e. The molecule has 1 N–H and O–H groups in total. The Bertz CT molecular complexity index is 318. The average molecular weight is 268 g/mol. The maximum absolute atomic E-state index is 11.7. The van der Waals surface area contributed by atoms with Gasteiger partial charge in [-0.05, 0) is 31.1 Å². The monoisotopic (exact) mass is 268 g/mol. The van der Waals surface area contributed by atoms with Crippen LogP contribution in [0.4, 0.5) is 0 Å². The van der Waals surface area contributed by atoms with Gasteiger partial charge < -0.3 is 9.84 Å². The lowest BCUT2D eigenvalue weighted by molar-refractivity contribution is -0.154. The number of ether oxygens (including phenoxy) is 1. The Morgan fingerprint density at radius 3 is 2.58 bits per heavy atom. The molecule has 1 aliphatic rings. The maximum atomic E-state index is 11.7. The van der Waals surface area contributed by atoms with E-state index in [4.69, 9.17) is 4.74 Å². The molecular weight excluding hydrogens is 244 g/mol. The van der Waals surface area contributed by atoms with Gasteiger partial charge in [0.25, 0.3) is 0 Å². The van der Waals surface area contributed by atoms with Gasteiger partial charge in [-0.25, -0.2) is 0 Å². The molecule has 0 amide bonds. The van der Waals surface area contributed by atoms with E-state index in [9.17, 15) is 14.7 Å². The van der Waals surface area contributed by atoms with Gasteiger partial charge in [0.2, 0.25) is 0 Å². The summed E-state index contributed by atoms with van der Waals surface area (Å²) in [4.78, 5) is 23.0. The van der Waals surface area contributed by atoms with Crippen LogP contribution in [0.2, 0.25) is 0 Å². The van der Waals surface area contributed by atoms with Crippen LogP contribution in [0.1, 0.15) is 45.4 Å². The molecule has 4 nitrogen and oxygen atoms in total. The highest BCUT2D eigenvalue weighted by Gasteiger charge is 2.32. The fourth-order valence-corrected chi connectivity index (χ4v) is 2.64. The van der Waals surface area contributed by atoms with Crippen LogP contribution in [0.15, 0.2) is 12.7 Å². The molecule has 0 aliphatic heterocycles. The Morgan fingerprint density at radius 1 is 1.42 bits per heavy atom. The molecule has 19 heavy (non-hydrogen) atoms. The van der Waals surface area contributed by atoms with Gasteiger partial charge in [0, 0.05) is 0 Å². The van der Waals surface area contributed by atoms with E-state index < -0.39 is 17.9 Å². The van der Waals surface area contributed by atoms with E-state index in [2.05, 4.69) is 6.58 Å². The minimum atomic E-state index is -0.872. The normalized spacial score (nSPS) is 18.8. The molecule has 0 aromatic rings. The predicted octanol–water partition coefficient (Wildman–Crippen LogP) is 3.02. The molecule has 108 valence electrons. The van der Waals surface area contributed by atoms with Crippen molar-refractivity contribution in [1.29, 1.82) is 0 Å². The van der Waals surface area contributed by atoms with Gasteiger partial charge in [-0.2, -0.15) is 0 Å². The molecule has 0 saturated heterocycles. The molecule has 0 bridgehead atoms. The molecule has 1 fully saturated rings. The zero-order valence-electron chi connectivity index (χ0n) is 11.6. The smallest absolute Gasteiger partial charge is 0.307 e. The molecule has 1 rings (SSSR count). The van der Waals surface area contributed by atoms with Crippen molar-refractivity contribution >= 4 is 11.9 Å². The Labute approximate surface area is 114 Å². The second-order valence-corrected chi connectivity index (χ2v) is 5.51. The highest BCUT2D eigenvalue weighted by atomic mass is 16.5. The number of carbonyl (C=O) groups excluding carboxylic acids is 1. The van der Waals surface area contributed by atoms with E-state index in [1.54, 1.807) is 6.08 Å². The average Bonchev–Trinajstić information content (AvgIpc) is 2.87. The van der Waals surface area contributed by atoms with Crippen molar-refractivity contribution in [1.82, 2.24) is 0 Å². The summed E-state index contributed by atoms with van der Waals surface area (Å²) in [5.74, 6) is -1.48. The van der Waals surface area contributed by atoms with Crippen molar-refractivity contribution in [3.63, 3.8) is 0 Å². The second kappa shape index (κ2) is 7.97. The summed E-state index contributed by atoms with van der Waals surface area (Å²) < 4.78 is 5.15. The van der Waals surface area contributed by atoms with Crippen LogP contribution in [0.5, 0.6) is 0 Å². The van der Waals surface area contributed by atoms with E-state index in [1.165, 1.54) is 0 Å². The highest BCUT2D eigenvalue weighted by Crippen LogP contribution is 2.33. The number of carboxylic acid groups (broad SMARTS) is 1. The number of rotatable bonds is 8. The molecule has 1 aliphatic carbocycles. The van der Waals surface area contributed by atoms with Crippen LogP contribution in [-0.4, -0.2) is 23.7 Å². The van der Waals surface area contributed by atoms with Crippen LogP contribution in [0.25, 0.3) is 0 Å². The molecule has 0 aromatic carbocycles. The van der Waals surface area contributed by atoms with Gasteiger partial charge in [-0.3, -0.25) is 9.59 Å². The van der Waals surface area contributed by atoms with Gasteiger partial charge >= 0.3 is 11.9 Å². The molecule has 0 heterocycles. The van der Waals surface area contributed by atoms with Gasteiger partial charge in [0.05, 0.1) is 18.9 Å². The first-order valence-corrected chi connectivity index (χ1v) is 7.04. The van der Waals surface area contributed by atoms with Crippen molar-refractivity contribution in [2.75, 3.05) is 6.61 Å². The van der Waals surface area contributed by atoms with E-state index in [-0.39, 0.29) is 18.3 Å². The van der Waals surface area contributed by atoms with Crippen LogP contribution >= 0.6 is 0 Å². The Balaban J connectivity index is 2.38. The number of aliphatic carboxylic acids is 1. The lowest BCUT2D eigenvalue weighted by Crippen LogP contribution is -2.26. The second-order valence-electron chi connectivity index (χ2n) is 5.51. The quantitative estimate of drug-likeness (QED) is 0.543. The number of carboxylic acids is 1. The third-order valence-electron chi connectivity index (χ3n) is 3.77. The zero-order valence-corrected chi connectivity index (χ0v) is 11.6. The van der Waals surface area contributed by atoms with Crippen molar-refractivity contribution in [3.05, 3.63) is 12.7 Å². The summed E-state index contributed by atoms with van der Waals surface area (Å²) in [5, 5.41) is 9.22. The number of carbonyl (C=O) groups is 2. The van der Waals surface area contributed by atoms with Crippen LogP contribution < -0.4 is 0 Å². The topological polar surface area (TPSA) is 63.6 Å². The zero-order chi connectivity index (χ0) is 14.3. The third kappa shape index (κ3) is 5.45. The van der Waals surface area contributed by atoms with Crippen molar-refractivity contribution in [2.45, 2.75) is 45.4 Å². The lowest BCUT2D eigenvalue weighted by Gasteiger charge is -2.18. The molecule has 2 atom stereocenters. The van der Waals surface area contributed by atoms with Gasteiger partial charge in [0.1, 0.15) is 0 Å². The number of esters is 1. The van der Waals surface area contributed by atoms with E-state index in [0.717, 1.165) is 32.1 Å². The van der Waals surface area contributed by atoms with Gasteiger partial charge in [0.15, 0.2) is 0 Å². The Hall–Kier alpha value is -1.32. The highest BCUT2D eigenvalue weighted by molar-refractivity contribution is 5.79. The predicted molar refractivity (Wildman–Crippen MR) is 72.6 cm³/mol. The number of hydrogen-bond donors (Lipinski definition) is 1. The summed E-state index contributed by atoms with van der Waals surface area (Å²) in [7, 11) is 0. The first kappa shape index (κ1) is 15.7. The molecule has 4 heteroatoms. The SMILES string of the molecule is C=CCC(C)COC(=O)C[C@H](C(=O)O)C1CCCC1. The minimum Gasteiger partial charge on any atom is -0.481 e. The number of allylic oxidation sites excluding steroid dienone is 1. The van der Waals surface area contributed by atoms with E-state index >= 15 is 0 Å². The Morgan fingerprint density at radius 2 is 2.05 bits per heavy atom. The maximum Gasteiger partial charge on any atom is 0.307 e. The Kier molecular flexibility index (Phi) is 6.60. The standard InChI is InChI=1S/C15H24O4/c1-3-6-11(2)10-19-14(16)9-13(15(17)18)12-7-4-5-8-12/h3,11-13H,1,4-10H2,2H3,(H,17,18)/t11?,13-/m0/s1. The molecule has 0 radical (unpaired) electrons. The summed E-state index contributed by atoms with van der Waals surface area (Å²) in [5.41, 5.74) is 0. The van der Waals surface area contributed by atoms with Gasteiger partial charge in [-0.15, -0.1) is 6.58 Å². The van der Waals surface area contributed by atoms with Crippen LogP contribution in [0.3, 0.4) is 0 Å².